The van der Waals surface area contributed by atoms with Crippen molar-refractivity contribution in [3.05, 3.63) is 145 Å². The Morgan fingerprint density at radius 1 is 0.425 bits per heavy atom. The van der Waals surface area contributed by atoms with Gasteiger partial charge in [0.05, 0.1) is 25.8 Å². The zero-order chi connectivity index (χ0) is 57.2. The second kappa shape index (κ2) is 31.1. The molecule has 0 unspecified atom stereocenters. The average Bonchev–Trinajstić information content (AvgIpc) is 3.41. The molecule has 35 heteroatoms. The Balaban J connectivity index is 0.000000224. The van der Waals surface area contributed by atoms with E-state index < -0.39 is 30.6 Å². The lowest BCUT2D eigenvalue weighted by atomic mass is 10.1. The highest BCUT2D eigenvalue weighted by molar-refractivity contribution is 14.0. The first-order valence-electron chi connectivity index (χ1n) is 22.1. The van der Waals surface area contributed by atoms with E-state index in [-0.39, 0.29) is 91.6 Å². The van der Waals surface area contributed by atoms with Crippen LogP contribution in [0.4, 0.5) is 17.5 Å². The number of aryl methyl sites for hydroxylation is 1. The van der Waals surface area contributed by atoms with Gasteiger partial charge >= 0.3 is 12.0 Å². The minimum Gasteiger partial charge on any atom is -0.473 e. The van der Waals surface area contributed by atoms with E-state index in [1.54, 1.807) is 68.1 Å². The molecule has 0 aliphatic heterocycles. The molecule has 0 saturated heterocycles. The molecule has 424 valence electrons. The molecule has 0 fully saturated rings. The van der Waals surface area contributed by atoms with E-state index in [1.807, 2.05) is 36.4 Å². The SMILES string of the molecule is CNS(=O)(=O)Nc1ncnc(C)c1-c1ccc(Br)cc1.CNS(=O)(=O)Nc1ncnc(OCCOc2ncc(Br)cn2)c1-c1ccc(Br)cc1.I.NS(=O)(=O)Nc1ncnc(OCCOc2ncc(Br)cn2)c1-c1ccc(Br)cc1. The number of hydrogen-bond donors (Lipinski definition) is 6. The van der Waals surface area contributed by atoms with Crippen LogP contribution >= 0.6 is 104 Å². The fourth-order valence-corrected chi connectivity index (χ4v) is 8.81. The lowest BCUT2D eigenvalue weighted by Crippen LogP contribution is -2.27. The van der Waals surface area contributed by atoms with Gasteiger partial charge in [0.15, 0.2) is 17.5 Å². The summed E-state index contributed by atoms with van der Waals surface area (Å²) in [5, 5.41) is 5.10. The summed E-state index contributed by atoms with van der Waals surface area (Å²) in [5.41, 5.74) is 4.21. The predicted octanol–water partition coefficient (Wildman–Crippen LogP) is 8.03. The maximum absolute atomic E-state index is 12.0. The summed E-state index contributed by atoms with van der Waals surface area (Å²) < 4.78 is 108. The summed E-state index contributed by atoms with van der Waals surface area (Å²) in [4.78, 5) is 40.5. The van der Waals surface area contributed by atoms with Gasteiger partial charge in [0.25, 0.3) is 30.6 Å². The van der Waals surface area contributed by atoms with Gasteiger partial charge < -0.3 is 18.9 Å². The maximum Gasteiger partial charge on any atom is 0.316 e. The molecule has 8 aromatic rings. The van der Waals surface area contributed by atoms with Crippen molar-refractivity contribution >= 4 is 152 Å². The van der Waals surface area contributed by atoms with Crippen LogP contribution in [0.25, 0.3) is 33.4 Å². The first-order chi connectivity index (χ1) is 37.6. The minimum atomic E-state index is -4.05. The number of anilines is 3. The largest absolute Gasteiger partial charge is 0.473 e. The Kier molecular flexibility index (Phi) is 25.4. The average molecular weight is 1590 g/mol. The molecule has 0 aliphatic carbocycles. The highest BCUT2D eigenvalue weighted by atomic mass is 127. The van der Waals surface area contributed by atoms with Crippen molar-refractivity contribution < 1.29 is 44.2 Å². The standard InChI is InChI=1S/C17H16Br2N6O4S.C16H14Br2N6O4S.C12H13BrN4O2S.HI/c1-20-30(26,27)25-15-14(11-2-4-12(18)5-3-11)16(24-10-23-15)28-6-7-29-17-21-8-13(19)9-22-17;17-11-3-1-10(2-4-11)13-14(24-29(19,25)26)22-9-23-15(13)27-5-6-28-16-20-7-12(18)8-21-16;1-8-11(9-3-5-10(13)6-4-9)12(16-7-15-8)17-20(18,19)14-2;/h2-5,8-10,20H,6-7H2,1H3,(H,23,24,25);1-4,7-9H,5-6H2,(H2,19,25,26)(H,22,23,24);3-7,14H,1-2H3,(H,15,16,17);1H. The van der Waals surface area contributed by atoms with Crippen LogP contribution in [0.5, 0.6) is 23.8 Å². The summed E-state index contributed by atoms with van der Waals surface area (Å²) in [6.07, 6.45) is 9.96. The molecule has 0 aliphatic rings. The third-order valence-electron chi connectivity index (χ3n) is 9.60. The maximum atomic E-state index is 12.0. The monoisotopic (exact) mass is 1590 g/mol. The first kappa shape index (κ1) is 65.3. The molecule has 26 nitrogen and oxygen atoms in total. The molecule has 8 rings (SSSR count). The number of nitrogens with two attached hydrogens (primary N) is 1. The zero-order valence-corrected chi connectivity index (χ0v) is 54.2. The minimum absolute atomic E-state index is 0. The topological polar surface area (TPSA) is 354 Å². The van der Waals surface area contributed by atoms with E-state index >= 15 is 0 Å². The fourth-order valence-electron chi connectivity index (χ4n) is 6.16. The molecular weight excluding hydrogens is 1550 g/mol. The number of nitrogens with zero attached hydrogens (tertiary/aromatic N) is 10. The van der Waals surface area contributed by atoms with E-state index in [0.29, 0.717) is 33.5 Å². The Bertz CT molecular complexity index is 3660. The van der Waals surface area contributed by atoms with Gasteiger partial charge in [-0.05, 0) is 91.9 Å². The molecule has 3 aromatic carbocycles. The van der Waals surface area contributed by atoms with Crippen LogP contribution < -0.4 is 47.7 Å². The number of nitrogens with one attached hydrogen (secondary N) is 5. The van der Waals surface area contributed by atoms with Gasteiger partial charge in [-0.1, -0.05) is 84.2 Å². The zero-order valence-electron chi connectivity index (χ0n) is 41.5. The fraction of sp³-hybridized carbons (Fsp3) is 0.156. The van der Waals surface area contributed by atoms with Crippen molar-refractivity contribution in [3.8, 4) is 57.2 Å². The number of halogens is 6. The van der Waals surface area contributed by atoms with Crippen LogP contribution in [0.3, 0.4) is 0 Å². The number of benzene rings is 3. The molecular formula is C45H44Br5IN16O10S3. The second-order valence-electron chi connectivity index (χ2n) is 15.0. The van der Waals surface area contributed by atoms with E-state index in [1.165, 1.54) is 33.1 Å². The van der Waals surface area contributed by atoms with Crippen molar-refractivity contribution in [2.24, 2.45) is 5.14 Å². The summed E-state index contributed by atoms with van der Waals surface area (Å²) in [6.45, 7) is 2.33. The number of ether oxygens (including phenoxy) is 4. The molecule has 0 spiro atoms. The van der Waals surface area contributed by atoms with Crippen molar-refractivity contribution in [3.63, 3.8) is 0 Å². The highest BCUT2D eigenvalue weighted by Crippen LogP contribution is 2.37. The molecule has 0 atom stereocenters. The van der Waals surface area contributed by atoms with Crippen LogP contribution in [-0.2, 0) is 30.6 Å². The van der Waals surface area contributed by atoms with Crippen LogP contribution in [0.15, 0.2) is 139 Å². The van der Waals surface area contributed by atoms with Gasteiger partial charge in [-0.25, -0.2) is 64.4 Å². The molecule has 0 amide bonds. The first-order valence-corrected chi connectivity index (χ1v) is 30.6. The molecule has 7 N–H and O–H groups in total. The summed E-state index contributed by atoms with van der Waals surface area (Å²) in [5.74, 6) is 0.676. The van der Waals surface area contributed by atoms with Crippen LogP contribution in [0.1, 0.15) is 5.69 Å². The van der Waals surface area contributed by atoms with Gasteiger partial charge in [0, 0.05) is 57.9 Å². The van der Waals surface area contributed by atoms with Crippen LogP contribution in [0, 0.1) is 6.92 Å². The van der Waals surface area contributed by atoms with Gasteiger partial charge in [-0.3, -0.25) is 14.2 Å². The van der Waals surface area contributed by atoms with Gasteiger partial charge in [0.2, 0.25) is 11.8 Å². The van der Waals surface area contributed by atoms with Gasteiger partial charge in [0.1, 0.15) is 45.4 Å². The van der Waals surface area contributed by atoms with Crippen LogP contribution in [0.2, 0.25) is 0 Å². The highest BCUT2D eigenvalue weighted by Gasteiger charge is 2.21. The number of aromatic nitrogens is 10. The van der Waals surface area contributed by atoms with E-state index in [0.717, 1.165) is 27.9 Å². The lowest BCUT2D eigenvalue weighted by Gasteiger charge is -2.15. The van der Waals surface area contributed by atoms with Crippen LogP contribution in [-0.4, -0.2) is 116 Å². The summed E-state index contributed by atoms with van der Waals surface area (Å²) in [7, 11) is -8.85. The predicted molar refractivity (Wildman–Crippen MR) is 327 cm³/mol. The lowest BCUT2D eigenvalue weighted by molar-refractivity contribution is 0.202. The summed E-state index contributed by atoms with van der Waals surface area (Å²) in [6, 6.07) is 22.2. The summed E-state index contributed by atoms with van der Waals surface area (Å²) >= 11 is 16.6. The van der Waals surface area contributed by atoms with Gasteiger partial charge in [-0.2, -0.15) is 25.3 Å². The van der Waals surface area contributed by atoms with E-state index in [9.17, 15) is 25.3 Å². The van der Waals surface area contributed by atoms with Crippen molar-refractivity contribution in [1.29, 1.82) is 0 Å². The molecule has 0 bridgehead atoms. The van der Waals surface area contributed by atoms with Crippen molar-refractivity contribution in [2.45, 2.75) is 6.92 Å². The van der Waals surface area contributed by atoms with E-state index in [4.69, 9.17) is 24.1 Å². The van der Waals surface area contributed by atoms with Crippen molar-refractivity contribution in [2.75, 3.05) is 54.7 Å². The molecule has 5 heterocycles. The normalized spacial score (nSPS) is 11.1. The van der Waals surface area contributed by atoms with Crippen molar-refractivity contribution in [1.82, 2.24) is 59.3 Å². The Morgan fingerprint density at radius 2 is 0.738 bits per heavy atom. The molecule has 0 radical (unpaired) electrons. The Labute approximate surface area is 518 Å². The number of rotatable bonds is 21. The third kappa shape index (κ3) is 20.8. The Morgan fingerprint density at radius 3 is 1.09 bits per heavy atom. The van der Waals surface area contributed by atoms with Gasteiger partial charge in [-0.15, -0.1) is 24.0 Å². The molecule has 80 heavy (non-hydrogen) atoms. The third-order valence-corrected chi connectivity index (χ3v) is 14.5. The van der Waals surface area contributed by atoms with E-state index in [2.05, 4.69) is 153 Å². The smallest absolute Gasteiger partial charge is 0.316 e. The quantitative estimate of drug-likeness (QED) is 0.0293. The molecule has 0 saturated carbocycles. The second-order valence-corrected chi connectivity index (χ2v) is 24.1. The number of hydrogen-bond acceptors (Lipinski definition) is 20. The Hall–Kier alpha value is -5.48. The molecule has 5 aromatic heterocycles.